The average Bonchev–Trinajstić information content (AvgIpc) is 2.78. The molecule has 2 rings (SSSR count). The number of rotatable bonds is 11. The standard InChI is InChI=1S/C20H22BrIN2O6S/c1-2-12-5-3-4-6-13(12)9-15(27)23-16-18(28)24(19(16)31-11-25)17(14(26)10-21)20(29)30-8-7-22/h3-6,11,16,19,26H,2,7-10H2,1H3,(H,23,27). The summed E-state index contributed by atoms with van der Waals surface area (Å²) in [5, 5.41) is 11.9. The van der Waals surface area contributed by atoms with Crippen LogP contribution < -0.4 is 5.32 Å². The number of alkyl halides is 2. The van der Waals surface area contributed by atoms with Gasteiger partial charge in [0.2, 0.25) is 5.91 Å². The number of benzene rings is 1. The van der Waals surface area contributed by atoms with Gasteiger partial charge in [-0.15, -0.1) is 0 Å². The SMILES string of the molecule is CCc1ccccc1CC(=O)NC1C(=O)N(C(C(=O)OCCI)=C(O)CBr)C1SC=O. The highest BCUT2D eigenvalue weighted by Crippen LogP contribution is 2.34. The van der Waals surface area contributed by atoms with Crippen molar-refractivity contribution in [2.24, 2.45) is 0 Å². The maximum atomic E-state index is 12.8. The van der Waals surface area contributed by atoms with Crippen molar-refractivity contribution in [2.75, 3.05) is 16.4 Å². The van der Waals surface area contributed by atoms with E-state index in [0.717, 1.165) is 34.2 Å². The summed E-state index contributed by atoms with van der Waals surface area (Å²) in [6.07, 6.45) is 0.849. The molecule has 2 unspecified atom stereocenters. The molecule has 0 spiro atoms. The third kappa shape index (κ3) is 6.22. The number of hydrogen-bond donors (Lipinski definition) is 2. The van der Waals surface area contributed by atoms with Crippen LogP contribution in [0.2, 0.25) is 0 Å². The number of nitrogens with one attached hydrogen (secondary N) is 1. The first-order valence-electron chi connectivity index (χ1n) is 9.39. The first kappa shape index (κ1) is 25.7. The molecule has 1 aliphatic rings. The van der Waals surface area contributed by atoms with E-state index in [1.54, 1.807) is 0 Å². The number of amides is 2. The molecule has 0 aromatic heterocycles. The van der Waals surface area contributed by atoms with Gasteiger partial charge < -0.3 is 15.2 Å². The maximum Gasteiger partial charge on any atom is 0.358 e. The highest BCUT2D eigenvalue weighted by Gasteiger charge is 2.52. The summed E-state index contributed by atoms with van der Waals surface area (Å²) >= 11 is 5.81. The lowest BCUT2D eigenvalue weighted by molar-refractivity contribution is -0.152. The van der Waals surface area contributed by atoms with Gasteiger partial charge in [-0.1, -0.05) is 81.5 Å². The molecule has 31 heavy (non-hydrogen) atoms. The van der Waals surface area contributed by atoms with Crippen LogP contribution in [0.3, 0.4) is 0 Å². The predicted molar refractivity (Wildman–Crippen MR) is 130 cm³/mol. The number of halogens is 2. The molecular formula is C20H22BrIN2O6S. The summed E-state index contributed by atoms with van der Waals surface area (Å²) in [6, 6.07) is 6.51. The van der Waals surface area contributed by atoms with Crippen LogP contribution in [-0.2, 0) is 36.8 Å². The van der Waals surface area contributed by atoms with Crippen molar-refractivity contribution in [3.8, 4) is 0 Å². The van der Waals surface area contributed by atoms with Crippen LogP contribution in [0, 0.1) is 0 Å². The van der Waals surface area contributed by atoms with Crippen LogP contribution in [-0.4, -0.2) is 61.2 Å². The number of likely N-dealkylation sites (tertiary alicyclic amines) is 1. The molecule has 0 saturated carbocycles. The van der Waals surface area contributed by atoms with Gasteiger partial charge in [0.1, 0.15) is 23.8 Å². The van der Waals surface area contributed by atoms with E-state index in [2.05, 4.69) is 21.2 Å². The van der Waals surface area contributed by atoms with Crippen molar-refractivity contribution in [3.63, 3.8) is 0 Å². The Kier molecular flexibility index (Phi) is 10.3. The van der Waals surface area contributed by atoms with Crippen LogP contribution in [0.1, 0.15) is 18.1 Å². The molecule has 0 radical (unpaired) electrons. The smallest absolute Gasteiger partial charge is 0.358 e. The number of carbonyl (C=O) groups is 4. The van der Waals surface area contributed by atoms with E-state index in [-0.39, 0.29) is 30.0 Å². The van der Waals surface area contributed by atoms with Gasteiger partial charge >= 0.3 is 5.97 Å². The minimum absolute atomic E-state index is 0.0827. The summed E-state index contributed by atoms with van der Waals surface area (Å²) in [6.45, 7) is 2.09. The zero-order chi connectivity index (χ0) is 23.0. The molecule has 1 saturated heterocycles. The number of aryl methyl sites for hydroxylation is 1. The van der Waals surface area contributed by atoms with E-state index < -0.39 is 29.1 Å². The van der Waals surface area contributed by atoms with Crippen LogP contribution in [0.25, 0.3) is 0 Å². The average molecular weight is 625 g/mol. The van der Waals surface area contributed by atoms with Gasteiger partial charge in [-0.2, -0.15) is 0 Å². The van der Waals surface area contributed by atoms with Gasteiger partial charge in [-0.3, -0.25) is 19.3 Å². The van der Waals surface area contributed by atoms with Crippen LogP contribution in [0.15, 0.2) is 35.7 Å². The second-order valence-corrected chi connectivity index (χ2v) is 9.02. The Morgan fingerprint density at radius 1 is 1.35 bits per heavy atom. The number of esters is 1. The number of allylic oxidation sites excluding steroid dienone is 1. The number of carbonyl (C=O) groups excluding carboxylic acids is 4. The molecule has 2 amide bonds. The molecule has 168 valence electrons. The molecular weight excluding hydrogens is 603 g/mol. The number of ether oxygens (including phenoxy) is 1. The van der Waals surface area contributed by atoms with E-state index in [1.807, 2.05) is 53.8 Å². The highest BCUT2D eigenvalue weighted by atomic mass is 127. The summed E-state index contributed by atoms with van der Waals surface area (Å²) in [5.41, 5.74) is 2.07. The number of thioether (sulfide) groups is 1. The van der Waals surface area contributed by atoms with E-state index >= 15 is 0 Å². The van der Waals surface area contributed by atoms with Crippen LogP contribution >= 0.6 is 50.3 Å². The number of β-lactam (4-membered cyclic amide) rings is 1. The van der Waals surface area contributed by atoms with Crippen molar-refractivity contribution in [1.82, 2.24) is 10.2 Å². The van der Waals surface area contributed by atoms with Gasteiger partial charge in [-0.05, 0) is 17.5 Å². The first-order chi connectivity index (χ1) is 14.9. The normalized spacial score (nSPS) is 18.7. The van der Waals surface area contributed by atoms with Gasteiger partial charge in [0, 0.05) is 4.43 Å². The Morgan fingerprint density at radius 3 is 2.61 bits per heavy atom. The lowest BCUT2D eigenvalue weighted by Crippen LogP contribution is -2.69. The first-order valence-corrected chi connectivity index (χ1v) is 13.0. The van der Waals surface area contributed by atoms with Crippen LogP contribution in [0.4, 0.5) is 0 Å². The van der Waals surface area contributed by atoms with Gasteiger partial charge in [-0.25, -0.2) is 4.79 Å². The van der Waals surface area contributed by atoms with Gasteiger partial charge in [0.15, 0.2) is 11.3 Å². The summed E-state index contributed by atoms with van der Waals surface area (Å²) < 4.78 is 5.60. The number of hydrogen-bond acceptors (Lipinski definition) is 7. The molecule has 1 aliphatic heterocycles. The fourth-order valence-corrected chi connectivity index (χ4v) is 4.39. The van der Waals surface area contributed by atoms with E-state index in [4.69, 9.17) is 4.74 Å². The van der Waals surface area contributed by atoms with Crippen molar-refractivity contribution in [3.05, 3.63) is 46.8 Å². The maximum absolute atomic E-state index is 12.8. The minimum Gasteiger partial charge on any atom is -0.509 e. The Labute approximate surface area is 206 Å². The molecule has 0 aliphatic carbocycles. The predicted octanol–water partition coefficient (Wildman–Crippen LogP) is 2.51. The quantitative estimate of drug-likeness (QED) is 0.0740. The summed E-state index contributed by atoms with van der Waals surface area (Å²) in [4.78, 5) is 50.0. The van der Waals surface area contributed by atoms with Crippen molar-refractivity contribution >= 4 is 73.7 Å². The number of nitrogens with zero attached hydrogens (tertiary/aromatic N) is 1. The fraction of sp³-hybridized carbons (Fsp3) is 0.400. The minimum atomic E-state index is -1.01. The second kappa shape index (κ2) is 12.4. The van der Waals surface area contributed by atoms with E-state index in [0.29, 0.717) is 10.0 Å². The van der Waals surface area contributed by atoms with Crippen molar-refractivity contribution in [1.29, 1.82) is 0 Å². The fourth-order valence-electron chi connectivity index (χ4n) is 3.12. The molecule has 8 nitrogen and oxygen atoms in total. The summed E-state index contributed by atoms with van der Waals surface area (Å²) in [5.74, 6) is -2.26. The lowest BCUT2D eigenvalue weighted by atomic mass is 10.0. The monoisotopic (exact) mass is 624 g/mol. The zero-order valence-corrected chi connectivity index (χ0v) is 21.2. The Balaban J connectivity index is 2.19. The topological polar surface area (TPSA) is 113 Å². The Morgan fingerprint density at radius 2 is 2.03 bits per heavy atom. The number of aliphatic hydroxyl groups is 1. The number of aliphatic hydroxyl groups excluding tert-OH is 1. The molecule has 1 aromatic rings. The Bertz CT molecular complexity index is 881. The molecule has 0 bridgehead atoms. The van der Waals surface area contributed by atoms with E-state index in [9.17, 15) is 24.3 Å². The van der Waals surface area contributed by atoms with Crippen LogP contribution in [0.5, 0.6) is 0 Å². The molecule has 1 fully saturated rings. The second-order valence-electron chi connectivity index (χ2n) is 6.43. The molecule has 2 atom stereocenters. The Hall–Kier alpha value is -1.60. The molecule has 1 aromatic carbocycles. The lowest BCUT2D eigenvalue weighted by Gasteiger charge is -2.45. The zero-order valence-electron chi connectivity index (χ0n) is 16.7. The third-order valence-corrected chi connectivity index (χ3v) is 6.39. The van der Waals surface area contributed by atoms with E-state index in [1.165, 1.54) is 0 Å². The molecule has 11 heteroatoms. The highest BCUT2D eigenvalue weighted by molar-refractivity contribution is 14.1. The van der Waals surface area contributed by atoms with Crippen molar-refractivity contribution in [2.45, 2.75) is 31.2 Å². The third-order valence-electron chi connectivity index (χ3n) is 4.55. The largest absolute Gasteiger partial charge is 0.509 e. The van der Waals surface area contributed by atoms with Gasteiger partial charge in [0.25, 0.3) is 5.91 Å². The molecule has 2 N–H and O–H groups in total. The van der Waals surface area contributed by atoms with Crippen molar-refractivity contribution < 1.29 is 29.0 Å². The van der Waals surface area contributed by atoms with Gasteiger partial charge in [0.05, 0.1) is 11.8 Å². The summed E-state index contributed by atoms with van der Waals surface area (Å²) in [7, 11) is 0. The molecule has 1 heterocycles.